The first-order valence-corrected chi connectivity index (χ1v) is 9.96. The molecule has 2 heterocycles. The molecule has 3 amide bonds. The standard InChI is InChI=1S/C21H24N2O5/c24-18(22-11-5-7-14-6-1-4-10-17(14)22)13-28-19(25)12-23-20(26)15-8-2-3-9-16(15)21(23)27/h2-3,8-9,14,17H,1,4-7,10-13H2/t14-,17-/m1/s1. The Labute approximate surface area is 163 Å². The molecular weight excluding hydrogens is 360 g/mol. The summed E-state index contributed by atoms with van der Waals surface area (Å²) >= 11 is 0. The van der Waals surface area contributed by atoms with Gasteiger partial charge in [-0.25, -0.2) is 0 Å². The minimum absolute atomic E-state index is 0.188. The summed E-state index contributed by atoms with van der Waals surface area (Å²) in [6.07, 6.45) is 6.67. The van der Waals surface area contributed by atoms with E-state index in [0.717, 1.165) is 37.0 Å². The normalized spacial score (nSPS) is 24.0. The van der Waals surface area contributed by atoms with Crippen LogP contribution in [0.3, 0.4) is 0 Å². The van der Waals surface area contributed by atoms with E-state index in [4.69, 9.17) is 4.74 Å². The Bertz CT molecular complexity index is 784. The van der Waals surface area contributed by atoms with Gasteiger partial charge in [0.25, 0.3) is 17.7 Å². The number of hydrogen-bond acceptors (Lipinski definition) is 5. The summed E-state index contributed by atoms with van der Waals surface area (Å²) in [4.78, 5) is 52.1. The number of benzene rings is 1. The van der Waals surface area contributed by atoms with Crippen LogP contribution < -0.4 is 0 Å². The maximum Gasteiger partial charge on any atom is 0.326 e. The van der Waals surface area contributed by atoms with Gasteiger partial charge in [0.05, 0.1) is 11.1 Å². The van der Waals surface area contributed by atoms with Crippen molar-refractivity contribution in [2.75, 3.05) is 19.7 Å². The molecule has 0 aromatic heterocycles. The summed E-state index contributed by atoms with van der Waals surface area (Å²) in [5.74, 6) is -1.40. The van der Waals surface area contributed by atoms with Crippen molar-refractivity contribution in [1.29, 1.82) is 0 Å². The number of esters is 1. The monoisotopic (exact) mass is 384 g/mol. The number of nitrogens with zero attached hydrogens (tertiary/aromatic N) is 2. The lowest BCUT2D eigenvalue weighted by Crippen LogP contribution is -2.51. The molecule has 0 N–H and O–H groups in total. The molecule has 1 aromatic carbocycles. The Balaban J connectivity index is 1.32. The van der Waals surface area contributed by atoms with E-state index in [2.05, 4.69) is 0 Å². The third kappa shape index (κ3) is 3.41. The van der Waals surface area contributed by atoms with Gasteiger partial charge in [0.2, 0.25) is 0 Å². The molecule has 3 aliphatic rings. The van der Waals surface area contributed by atoms with E-state index in [0.29, 0.717) is 12.5 Å². The predicted octanol–water partition coefficient (Wildman–Crippen LogP) is 2.01. The second-order valence-corrected chi connectivity index (χ2v) is 7.74. The second kappa shape index (κ2) is 7.73. The molecule has 7 heteroatoms. The Morgan fingerprint density at radius 1 is 0.964 bits per heavy atom. The van der Waals surface area contributed by atoms with Gasteiger partial charge in [-0.15, -0.1) is 0 Å². The van der Waals surface area contributed by atoms with E-state index in [1.807, 2.05) is 4.90 Å². The van der Waals surface area contributed by atoms with E-state index in [1.54, 1.807) is 24.3 Å². The van der Waals surface area contributed by atoms with Gasteiger partial charge >= 0.3 is 5.97 Å². The van der Waals surface area contributed by atoms with Crippen molar-refractivity contribution in [2.45, 2.75) is 44.6 Å². The number of piperidine rings is 1. The van der Waals surface area contributed by atoms with Crippen LogP contribution in [-0.2, 0) is 14.3 Å². The van der Waals surface area contributed by atoms with Gasteiger partial charge in [-0.2, -0.15) is 0 Å². The average Bonchev–Trinajstić information content (AvgIpc) is 2.96. The highest BCUT2D eigenvalue weighted by atomic mass is 16.5. The van der Waals surface area contributed by atoms with E-state index < -0.39 is 24.3 Å². The molecule has 0 spiro atoms. The molecule has 7 nitrogen and oxygen atoms in total. The van der Waals surface area contributed by atoms with Crippen molar-refractivity contribution in [3.05, 3.63) is 35.4 Å². The van der Waals surface area contributed by atoms with Gasteiger partial charge in [0.1, 0.15) is 6.54 Å². The largest absolute Gasteiger partial charge is 0.454 e. The van der Waals surface area contributed by atoms with Crippen LogP contribution in [0.25, 0.3) is 0 Å². The zero-order valence-corrected chi connectivity index (χ0v) is 15.8. The fourth-order valence-corrected chi connectivity index (χ4v) is 4.72. The Morgan fingerprint density at radius 3 is 2.32 bits per heavy atom. The number of carbonyl (C=O) groups is 4. The molecule has 2 atom stereocenters. The number of imide groups is 1. The number of fused-ring (bicyclic) bond motifs is 2. The lowest BCUT2D eigenvalue weighted by atomic mass is 9.78. The predicted molar refractivity (Wildman–Crippen MR) is 99.5 cm³/mol. The Morgan fingerprint density at radius 2 is 1.61 bits per heavy atom. The van der Waals surface area contributed by atoms with Gasteiger partial charge in [0.15, 0.2) is 6.61 Å². The van der Waals surface area contributed by atoms with E-state index in [-0.39, 0.29) is 29.7 Å². The smallest absolute Gasteiger partial charge is 0.326 e. The van der Waals surface area contributed by atoms with Crippen LogP contribution in [0.4, 0.5) is 0 Å². The molecule has 2 aliphatic heterocycles. The van der Waals surface area contributed by atoms with Crippen molar-refractivity contribution in [3.8, 4) is 0 Å². The summed E-state index contributed by atoms with van der Waals surface area (Å²) in [5, 5.41) is 0. The minimum atomic E-state index is -0.750. The van der Waals surface area contributed by atoms with E-state index >= 15 is 0 Å². The van der Waals surface area contributed by atoms with Crippen LogP contribution in [0.5, 0.6) is 0 Å². The third-order valence-electron chi connectivity index (χ3n) is 6.09. The Kier molecular flexibility index (Phi) is 5.15. The fourth-order valence-electron chi connectivity index (χ4n) is 4.72. The molecule has 1 aliphatic carbocycles. The molecule has 1 saturated carbocycles. The number of carbonyl (C=O) groups excluding carboxylic acids is 4. The van der Waals surface area contributed by atoms with Crippen molar-refractivity contribution in [3.63, 3.8) is 0 Å². The number of amides is 3. The molecule has 148 valence electrons. The quantitative estimate of drug-likeness (QED) is 0.586. The Hall–Kier alpha value is -2.70. The maximum absolute atomic E-state index is 12.6. The van der Waals surface area contributed by atoms with Crippen LogP contribution in [0.15, 0.2) is 24.3 Å². The van der Waals surface area contributed by atoms with Crippen LogP contribution in [0.2, 0.25) is 0 Å². The van der Waals surface area contributed by atoms with E-state index in [9.17, 15) is 19.2 Å². The SMILES string of the molecule is O=C(CN1C(=O)c2ccccc2C1=O)OCC(=O)N1CCC[C@H]2CCCC[C@H]21. The highest BCUT2D eigenvalue weighted by molar-refractivity contribution is 6.22. The molecule has 0 unspecified atom stereocenters. The lowest BCUT2D eigenvalue weighted by Gasteiger charge is -2.44. The average molecular weight is 384 g/mol. The summed E-state index contributed by atoms with van der Waals surface area (Å²) < 4.78 is 5.12. The van der Waals surface area contributed by atoms with Crippen molar-refractivity contribution >= 4 is 23.7 Å². The van der Waals surface area contributed by atoms with Gasteiger partial charge in [-0.05, 0) is 43.7 Å². The van der Waals surface area contributed by atoms with Crippen molar-refractivity contribution < 1.29 is 23.9 Å². The summed E-state index contributed by atoms with van der Waals surface area (Å²) in [5.41, 5.74) is 0.570. The highest BCUT2D eigenvalue weighted by Gasteiger charge is 2.38. The van der Waals surface area contributed by atoms with Gasteiger partial charge < -0.3 is 9.64 Å². The molecular formula is C21H24N2O5. The number of ether oxygens (including phenoxy) is 1. The van der Waals surface area contributed by atoms with Crippen LogP contribution in [0, 0.1) is 5.92 Å². The zero-order chi connectivity index (χ0) is 19.7. The highest BCUT2D eigenvalue weighted by Crippen LogP contribution is 2.35. The van der Waals surface area contributed by atoms with Crippen molar-refractivity contribution in [2.24, 2.45) is 5.92 Å². The van der Waals surface area contributed by atoms with Crippen molar-refractivity contribution in [1.82, 2.24) is 9.80 Å². The molecule has 2 fully saturated rings. The third-order valence-corrected chi connectivity index (χ3v) is 6.09. The van der Waals surface area contributed by atoms with Gasteiger partial charge in [0, 0.05) is 12.6 Å². The molecule has 28 heavy (non-hydrogen) atoms. The zero-order valence-electron chi connectivity index (χ0n) is 15.8. The molecule has 4 rings (SSSR count). The first-order valence-electron chi connectivity index (χ1n) is 9.96. The van der Waals surface area contributed by atoms with E-state index in [1.165, 1.54) is 6.42 Å². The number of hydrogen-bond donors (Lipinski definition) is 0. The maximum atomic E-state index is 12.6. The number of rotatable bonds is 4. The molecule has 0 radical (unpaired) electrons. The van der Waals surface area contributed by atoms with Gasteiger partial charge in [-0.1, -0.05) is 25.0 Å². The first-order chi connectivity index (χ1) is 13.6. The lowest BCUT2D eigenvalue weighted by molar-refractivity contribution is -0.154. The topological polar surface area (TPSA) is 84.0 Å². The van der Waals surface area contributed by atoms with Gasteiger partial charge in [-0.3, -0.25) is 24.1 Å². The summed E-state index contributed by atoms with van der Waals surface area (Å²) in [6.45, 7) is -0.118. The second-order valence-electron chi connectivity index (χ2n) is 7.74. The molecule has 1 aromatic rings. The first kappa shape index (κ1) is 18.7. The molecule has 1 saturated heterocycles. The van der Waals surface area contributed by atoms with Crippen LogP contribution in [0.1, 0.15) is 59.2 Å². The summed E-state index contributed by atoms with van der Waals surface area (Å²) in [7, 11) is 0. The minimum Gasteiger partial charge on any atom is -0.454 e. The molecule has 0 bridgehead atoms. The fraction of sp³-hybridized carbons (Fsp3) is 0.524. The number of likely N-dealkylation sites (tertiary alicyclic amines) is 1. The summed E-state index contributed by atoms with van der Waals surface area (Å²) in [6, 6.07) is 6.71. The van der Waals surface area contributed by atoms with Crippen LogP contribution >= 0.6 is 0 Å². The van der Waals surface area contributed by atoms with Crippen LogP contribution in [-0.4, -0.2) is 59.2 Å².